The molecule has 0 aromatic heterocycles. The molecule has 0 fully saturated rings. The van der Waals surface area contributed by atoms with Crippen LogP contribution < -0.4 is 0 Å². The monoisotopic (exact) mass is 299 g/mol. The molecule has 0 saturated heterocycles. The molecule has 2 nitrogen and oxygen atoms in total. The zero-order chi connectivity index (χ0) is 9.14. The van der Waals surface area contributed by atoms with Crippen LogP contribution in [-0.4, -0.2) is 0 Å². The van der Waals surface area contributed by atoms with Crippen molar-refractivity contribution >= 4 is 34.2 Å². The van der Waals surface area contributed by atoms with Crippen molar-refractivity contribution in [1.82, 2.24) is 0 Å². The summed E-state index contributed by atoms with van der Waals surface area (Å²) in [7, 11) is 0. The van der Waals surface area contributed by atoms with Crippen LogP contribution in [0.2, 0.25) is 0 Å². The molecular weight excluding hydrogens is 295 g/mol. The Hall–Kier alpha value is -0.230. The van der Waals surface area contributed by atoms with E-state index in [-0.39, 0.29) is 5.56 Å². The molecule has 1 atom stereocenters. The third-order valence-corrected chi connectivity index (χ3v) is 2.29. The minimum absolute atomic E-state index is 0.124. The lowest BCUT2D eigenvalue weighted by molar-refractivity contribution is 0.607. The number of alkyl halides is 1. The van der Waals surface area contributed by atoms with E-state index in [4.69, 9.17) is 11.6 Å². The van der Waals surface area contributed by atoms with E-state index in [1.54, 1.807) is 6.07 Å². The molecule has 12 heavy (non-hydrogen) atoms. The van der Waals surface area contributed by atoms with Gasteiger partial charge in [0.2, 0.25) is 0 Å². The fourth-order valence-electron chi connectivity index (χ4n) is 0.754. The van der Waals surface area contributed by atoms with Crippen LogP contribution in [0.15, 0.2) is 23.4 Å². The summed E-state index contributed by atoms with van der Waals surface area (Å²) in [5, 5.41) is 2.53. The predicted octanol–water partition coefficient (Wildman–Crippen LogP) is 3.43. The number of hydrogen-bond acceptors (Lipinski definition) is 2. The highest BCUT2D eigenvalue weighted by Crippen LogP contribution is 2.25. The third kappa shape index (κ3) is 2.13. The summed E-state index contributed by atoms with van der Waals surface area (Å²) < 4.78 is 13.7. The Morgan fingerprint density at radius 2 is 2.25 bits per heavy atom. The molecule has 1 rings (SSSR count). The molecule has 0 aliphatic rings. The Balaban J connectivity index is 3.12. The second kappa shape index (κ2) is 4.13. The molecule has 0 aliphatic carbocycles. The molecular formula is C7H4ClFINO. The van der Waals surface area contributed by atoms with Gasteiger partial charge in [0.1, 0.15) is 5.82 Å². The Labute approximate surface area is 87.2 Å². The van der Waals surface area contributed by atoms with Crippen LogP contribution in [-0.2, 0) is 0 Å². The summed E-state index contributed by atoms with van der Waals surface area (Å²) in [5.41, 5.74) is -1.02. The van der Waals surface area contributed by atoms with Crippen LogP contribution in [0.1, 0.15) is 11.1 Å². The summed E-state index contributed by atoms with van der Waals surface area (Å²) in [5.74, 6) is -0.505. The molecule has 1 aromatic carbocycles. The van der Waals surface area contributed by atoms with Crippen LogP contribution in [0.25, 0.3) is 0 Å². The van der Waals surface area contributed by atoms with Gasteiger partial charge in [-0.2, -0.15) is 0 Å². The molecule has 0 radical (unpaired) electrons. The molecule has 0 spiro atoms. The van der Waals surface area contributed by atoms with Gasteiger partial charge < -0.3 is 0 Å². The van der Waals surface area contributed by atoms with Gasteiger partial charge in [-0.1, -0.05) is 11.6 Å². The smallest absolute Gasteiger partial charge is 0.193 e. The van der Waals surface area contributed by atoms with Gasteiger partial charge in [0, 0.05) is 9.13 Å². The fraction of sp³-hybridized carbons (Fsp3) is 0.143. The summed E-state index contributed by atoms with van der Waals surface area (Å²) in [6, 6.07) is 4.35. The summed E-state index contributed by atoms with van der Waals surface area (Å²) in [4.78, 5) is 10.0. The number of hydrogen-bond donors (Lipinski definition) is 0. The van der Waals surface area contributed by atoms with E-state index in [2.05, 4.69) is 5.18 Å². The van der Waals surface area contributed by atoms with Crippen molar-refractivity contribution in [2.24, 2.45) is 5.18 Å². The molecule has 1 aromatic rings. The maximum Gasteiger partial charge on any atom is 0.193 e. The van der Waals surface area contributed by atoms with Gasteiger partial charge in [0.25, 0.3) is 0 Å². The predicted molar refractivity (Wildman–Crippen MR) is 53.5 cm³/mol. The highest BCUT2D eigenvalue weighted by Gasteiger charge is 2.12. The molecule has 0 heterocycles. The van der Waals surface area contributed by atoms with Gasteiger partial charge in [0.05, 0.1) is 0 Å². The van der Waals surface area contributed by atoms with Crippen molar-refractivity contribution in [3.8, 4) is 0 Å². The second-order valence-corrected chi connectivity index (χ2v) is 3.77. The van der Waals surface area contributed by atoms with Crippen molar-refractivity contribution in [2.75, 3.05) is 0 Å². The first-order valence-corrected chi connectivity index (χ1v) is 4.58. The van der Waals surface area contributed by atoms with E-state index < -0.39 is 11.3 Å². The van der Waals surface area contributed by atoms with Crippen LogP contribution in [0, 0.1) is 14.3 Å². The first kappa shape index (κ1) is 9.85. The first-order chi connectivity index (χ1) is 5.65. The van der Waals surface area contributed by atoms with E-state index in [0.717, 1.165) is 3.57 Å². The highest BCUT2D eigenvalue weighted by molar-refractivity contribution is 14.1. The Bertz CT molecular complexity index is 307. The topological polar surface area (TPSA) is 29.4 Å². The second-order valence-electron chi connectivity index (χ2n) is 2.11. The molecule has 0 aliphatic heterocycles. The summed E-state index contributed by atoms with van der Waals surface area (Å²) in [6.45, 7) is 0. The molecule has 5 heteroatoms. The Kier molecular flexibility index (Phi) is 3.39. The van der Waals surface area contributed by atoms with Crippen molar-refractivity contribution < 1.29 is 4.39 Å². The first-order valence-electron chi connectivity index (χ1n) is 3.06. The molecule has 0 saturated carbocycles. The normalized spacial score (nSPS) is 12.6. The van der Waals surface area contributed by atoms with Gasteiger partial charge in [-0.3, -0.25) is 0 Å². The zero-order valence-electron chi connectivity index (χ0n) is 5.80. The maximum absolute atomic E-state index is 12.9. The van der Waals surface area contributed by atoms with E-state index in [1.165, 1.54) is 12.1 Å². The average Bonchev–Trinajstić information content (AvgIpc) is 2.08. The molecule has 0 N–H and O–H groups in total. The minimum atomic E-state index is -1.14. The van der Waals surface area contributed by atoms with Crippen LogP contribution in [0.4, 0.5) is 4.39 Å². The van der Waals surface area contributed by atoms with Crippen molar-refractivity contribution in [3.63, 3.8) is 0 Å². The van der Waals surface area contributed by atoms with Crippen LogP contribution >= 0.6 is 34.2 Å². The SMILES string of the molecule is O=NC(Cl)c1cc(I)ccc1F. The lowest BCUT2D eigenvalue weighted by atomic mass is 10.2. The Morgan fingerprint density at radius 3 is 2.83 bits per heavy atom. The number of benzene rings is 1. The van der Waals surface area contributed by atoms with Crippen molar-refractivity contribution in [2.45, 2.75) is 5.50 Å². The lowest BCUT2D eigenvalue weighted by Crippen LogP contribution is -1.91. The quantitative estimate of drug-likeness (QED) is 0.356. The average molecular weight is 299 g/mol. The third-order valence-electron chi connectivity index (χ3n) is 1.31. The van der Waals surface area contributed by atoms with Gasteiger partial charge in [-0.05, 0) is 46.0 Å². The van der Waals surface area contributed by atoms with E-state index in [9.17, 15) is 9.30 Å². The summed E-state index contributed by atoms with van der Waals surface area (Å²) >= 11 is 7.45. The minimum Gasteiger partial charge on any atom is -0.207 e. The summed E-state index contributed by atoms with van der Waals surface area (Å²) in [6.07, 6.45) is 0. The van der Waals surface area contributed by atoms with E-state index in [0.29, 0.717) is 0 Å². The van der Waals surface area contributed by atoms with E-state index >= 15 is 0 Å². The van der Waals surface area contributed by atoms with Crippen molar-refractivity contribution in [3.05, 3.63) is 38.1 Å². The number of rotatable bonds is 2. The number of nitroso groups, excluding NO2 is 1. The maximum atomic E-state index is 12.9. The largest absolute Gasteiger partial charge is 0.207 e. The highest BCUT2D eigenvalue weighted by atomic mass is 127. The molecule has 0 bridgehead atoms. The van der Waals surface area contributed by atoms with E-state index in [1.807, 2.05) is 22.6 Å². The van der Waals surface area contributed by atoms with Gasteiger partial charge >= 0.3 is 0 Å². The molecule has 0 amide bonds. The fourth-order valence-corrected chi connectivity index (χ4v) is 1.44. The van der Waals surface area contributed by atoms with Gasteiger partial charge in [0.15, 0.2) is 5.50 Å². The number of nitrogens with zero attached hydrogens (tertiary/aromatic N) is 1. The van der Waals surface area contributed by atoms with Gasteiger partial charge in [-0.25, -0.2) is 4.39 Å². The molecule has 64 valence electrons. The zero-order valence-corrected chi connectivity index (χ0v) is 8.71. The van der Waals surface area contributed by atoms with Crippen LogP contribution in [0.3, 0.4) is 0 Å². The Morgan fingerprint density at radius 1 is 1.58 bits per heavy atom. The number of halogens is 3. The van der Waals surface area contributed by atoms with Gasteiger partial charge in [-0.15, -0.1) is 4.91 Å². The van der Waals surface area contributed by atoms with Crippen LogP contribution in [0.5, 0.6) is 0 Å². The standard InChI is InChI=1S/C7H4ClFINO/c8-7(11-12)5-3-4(10)1-2-6(5)9/h1-3,7H. The lowest BCUT2D eigenvalue weighted by Gasteiger charge is -2.02. The van der Waals surface area contributed by atoms with Crippen molar-refractivity contribution in [1.29, 1.82) is 0 Å². The molecule has 1 unspecified atom stereocenters.